The van der Waals surface area contributed by atoms with E-state index in [0.29, 0.717) is 18.8 Å². The summed E-state index contributed by atoms with van der Waals surface area (Å²) in [7, 11) is 0. The number of amides is 1. The molecular formula is C10H11N5O. The van der Waals surface area contributed by atoms with E-state index in [-0.39, 0.29) is 5.82 Å². The Bertz CT molecular complexity index is 479. The molecule has 2 aromatic rings. The molecule has 6 heteroatoms. The van der Waals surface area contributed by atoms with E-state index in [4.69, 9.17) is 5.73 Å². The Hall–Kier alpha value is -2.37. The molecule has 1 aromatic carbocycles. The Kier molecular flexibility index (Phi) is 2.81. The van der Waals surface area contributed by atoms with Crippen molar-refractivity contribution in [1.82, 2.24) is 15.0 Å². The third kappa shape index (κ3) is 2.00. The van der Waals surface area contributed by atoms with Crippen molar-refractivity contribution in [2.45, 2.75) is 6.54 Å². The zero-order chi connectivity index (χ0) is 11.4. The molecule has 1 amide bonds. The molecule has 0 bridgehead atoms. The molecular weight excluding hydrogens is 206 g/mol. The molecule has 0 unspecified atom stereocenters. The minimum absolute atomic E-state index is 0.283. The van der Waals surface area contributed by atoms with Gasteiger partial charge in [0.15, 0.2) is 11.6 Å². The summed E-state index contributed by atoms with van der Waals surface area (Å²) < 4.78 is 1.53. The number of benzene rings is 1. The summed E-state index contributed by atoms with van der Waals surface area (Å²) in [5, 5.41) is 9.98. The topological polar surface area (TPSA) is 85.8 Å². The Balaban J connectivity index is 2.19. The van der Waals surface area contributed by atoms with Gasteiger partial charge in [0, 0.05) is 0 Å². The van der Waals surface area contributed by atoms with Gasteiger partial charge in [-0.05, 0) is 5.56 Å². The minimum atomic E-state index is 0.283. The fraction of sp³-hybridized carbons (Fsp3) is 0.100. The molecule has 0 atom stereocenters. The molecule has 0 saturated heterocycles. The van der Waals surface area contributed by atoms with Crippen LogP contribution in [0.5, 0.6) is 0 Å². The van der Waals surface area contributed by atoms with Crippen molar-refractivity contribution in [3.63, 3.8) is 0 Å². The average Bonchev–Trinajstić information content (AvgIpc) is 2.64. The van der Waals surface area contributed by atoms with E-state index in [1.807, 2.05) is 30.3 Å². The summed E-state index contributed by atoms with van der Waals surface area (Å²) in [6, 6.07) is 9.75. The summed E-state index contributed by atoms with van der Waals surface area (Å²) in [5.41, 5.74) is 6.82. The van der Waals surface area contributed by atoms with Crippen LogP contribution in [0.3, 0.4) is 0 Å². The van der Waals surface area contributed by atoms with E-state index in [2.05, 4.69) is 15.6 Å². The maximum atomic E-state index is 10.3. The molecule has 1 aromatic heterocycles. The van der Waals surface area contributed by atoms with Crippen LogP contribution in [0.25, 0.3) is 0 Å². The molecule has 0 spiro atoms. The molecule has 0 fully saturated rings. The van der Waals surface area contributed by atoms with Gasteiger partial charge in [-0.15, -0.1) is 5.10 Å². The predicted octanol–water partition coefficient (Wildman–Crippen LogP) is 0.477. The number of rotatable bonds is 4. The van der Waals surface area contributed by atoms with Crippen molar-refractivity contribution in [3.8, 4) is 0 Å². The van der Waals surface area contributed by atoms with Crippen LogP contribution >= 0.6 is 0 Å². The Morgan fingerprint density at radius 1 is 1.38 bits per heavy atom. The summed E-state index contributed by atoms with van der Waals surface area (Å²) >= 11 is 0. The molecule has 16 heavy (non-hydrogen) atoms. The van der Waals surface area contributed by atoms with Crippen molar-refractivity contribution in [3.05, 3.63) is 35.9 Å². The van der Waals surface area contributed by atoms with Crippen molar-refractivity contribution >= 4 is 18.0 Å². The molecule has 2 rings (SSSR count). The van der Waals surface area contributed by atoms with Crippen molar-refractivity contribution in [2.24, 2.45) is 0 Å². The number of nitrogens with zero attached hydrogens (tertiary/aromatic N) is 3. The molecule has 6 nitrogen and oxygen atoms in total. The van der Waals surface area contributed by atoms with Crippen LogP contribution in [0.4, 0.5) is 11.6 Å². The second kappa shape index (κ2) is 4.43. The molecule has 1 heterocycles. The van der Waals surface area contributed by atoms with Crippen LogP contribution in [-0.2, 0) is 11.3 Å². The van der Waals surface area contributed by atoms with E-state index in [9.17, 15) is 4.79 Å². The summed E-state index contributed by atoms with van der Waals surface area (Å²) in [6.45, 7) is 0.528. The highest BCUT2D eigenvalue weighted by atomic mass is 16.1. The molecule has 3 N–H and O–H groups in total. The smallest absolute Gasteiger partial charge is 0.212 e. The van der Waals surface area contributed by atoms with Gasteiger partial charge in [-0.3, -0.25) is 4.79 Å². The standard InChI is InChI=1S/C10H11N5O/c11-9-10(12-7-16)13-14-15(9)6-8-4-2-1-3-5-8/h1-5,7H,6,11H2,(H,12,16). The van der Waals surface area contributed by atoms with Crippen LogP contribution in [0.1, 0.15) is 5.56 Å². The summed E-state index contributed by atoms with van der Waals surface area (Å²) in [4.78, 5) is 10.3. The van der Waals surface area contributed by atoms with Gasteiger partial charge in [0.05, 0.1) is 6.54 Å². The van der Waals surface area contributed by atoms with Gasteiger partial charge in [-0.25, -0.2) is 4.68 Å². The molecule has 0 aliphatic carbocycles. The molecule has 0 aliphatic rings. The number of aromatic nitrogens is 3. The number of nitrogens with one attached hydrogen (secondary N) is 1. The van der Waals surface area contributed by atoms with Crippen LogP contribution in [0.2, 0.25) is 0 Å². The number of carbonyl (C=O) groups excluding carboxylic acids is 1. The Labute approximate surface area is 92.1 Å². The normalized spacial score (nSPS) is 10.0. The van der Waals surface area contributed by atoms with Gasteiger partial charge in [0.25, 0.3) is 0 Å². The maximum absolute atomic E-state index is 10.3. The zero-order valence-corrected chi connectivity index (χ0v) is 8.50. The van der Waals surface area contributed by atoms with E-state index < -0.39 is 0 Å². The average molecular weight is 217 g/mol. The van der Waals surface area contributed by atoms with Gasteiger partial charge in [0.1, 0.15) is 0 Å². The fourth-order valence-corrected chi connectivity index (χ4v) is 1.35. The second-order valence-corrected chi connectivity index (χ2v) is 3.23. The number of carbonyl (C=O) groups is 1. The highest BCUT2D eigenvalue weighted by Crippen LogP contribution is 2.14. The highest BCUT2D eigenvalue weighted by Gasteiger charge is 2.08. The van der Waals surface area contributed by atoms with Gasteiger partial charge in [-0.2, -0.15) is 0 Å². The van der Waals surface area contributed by atoms with Crippen LogP contribution < -0.4 is 11.1 Å². The van der Waals surface area contributed by atoms with Gasteiger partial charge in [0.2, 0.25) is 6.41 Å². The van der Waals surface area contributed by atoms with Crippen LogP contribution in [0.15, 0.2) is 30.3 Å². The minimum Gasteiger partial charge on any atom is -0.381 e. The first kappa shape index (κ1) is 10.2. The number of nitrogens with two attached hydrogens (primary N) is 1. The first-order chi connectivity index (χ1) is 7.81. The lowest BCUT2D eigenvalue weighted by Crippen LogP contribution is -2.07. The quantitative estimate of drug-likeness (QED) is 0.729. The van der Waals surface area contributed by atoms with Gasteiger partial charge < -0.3 is 11.1 Å². The maximum Gasteiger partial charge on any atom is 0.212 e. The van der Waals surface area contributed by atoms with Gasteiger partial charge >= 0.3 is 0 Å². The number of anilines is 2. The first-order valence-electron chi connectivity index (χ1n) is 4.74. The Morgan fingerprint density at radius 2 is 2.12 bits per heavy atom. The van der Waals surface area contributed by atoms with Crippen molar-refractivity contribution in [1.29, 1.82) is 0 Å². The van der Waals surface area contributed by atoms with Crippen molar-refractivity contribution < 1.29 is 4.79 Å². The summed E-state index contributed by atoms with van der Waals surface area (Å²) in [5.74, 6) is 0.627. The van der Waals surface area contributed by atoms with E-state index in [1.165, 1.54) is 4.68 Å². The lowest BCUT2D eigenvalue weighted by atomic mass is 10.2. The van der Waals surface area contributed by atoms with E-state index in [0.717, 1.165) is 5.56 Å². The largest absolute Gasteiger partial charge is 0.381 e. The number of hydrogen-bond donors (Lipinski definition) is 2. The molecule has 82 valence electrons. The first-order valence-corrected chi connectivity index (χ1v) is 4.74. The zero-order valence-electron chi connectivity index (χ0n) is 8.50. The third-order valence-corrected chi connectivity index (χ3v) is 2.14. The fourth-order valence-electron chi connectivity index (χ4n) is 1.35. The molecule has 0 aliphatic heterocycles. The van der Waals surface area contributed by atoms with Crippen molar-refractivity contribution in [2.75, 3.05) is 11.1 Å². The van der Waals surface area contributed by atoms with E-state index >= 15 is 0 Å². The highest BCUT2D eigenvalue weighted by molar-refractivity contribution is 5.74. The molecule has 0 saturated carbocycles. The second-order valence-electron chi connectivity index (χ2n) is 3.23. The predicted molar refractivity (Wildman–Crippen MR) is 59.7 cm³/mol. The summed E-state index contributed by atoms with van der Waals surface area (Å²) in [6.07, 6.45) is 0.521. The third-order valence-electron chi connectivity index (χ3n) is 2.14. The van der Waals surface area contributed by atoms with Crippen LogP contribution in [0, 0.1) is 0 Å². The Morgan fingerprint density at radius 3 is 2.81 bits per heavy atom. The van der Waals surface area contributed by atoms with Gasteiger partial charge in [-0.1, -0.05) is 35.5 Å². The lowest BCUT2D eigenvalue weighted by molar-refractivity contribution is -0.105. The SMILES string of the molecule is Nc1c(NC=O)nnn1Cc1ccccc1. The number of nitrogen functional groups attached to an aromatic ring is 1. The molecule has 0 radical (unpaired) electrons. The number of hydrogen-bond acceptors (Lipinski definition) is 4. The van der Waals surface area contributed by atoms with E-state index in [1.54, 1.807) is 0 Å². The lowest BCUT2D eigenvalue weighted by Gasteiger charge is -2.02. The van der Waals surface area contributed by atoms with Crippen LogP contribution in [-0.4, -0.2) is 21.4 Å². The monoisotopic (exact) mass is 217 g/mol.